The Bertz CT molecular complexity index is 501. The van der Waals surface area contributed by atoms with Crippen LogP contribution in [0.3, 0.4) is 0 Å². The molecule has 2 unspecified atom stereocenters. The molecule has 1 aliphatic rings. The first-order valence-corrected chi connectivity index (χ1v) is 7.74. The SMILES string of the molecule is CC1CCCC(CNC(=O)c2cccc(N)c2)(N(C)C)C1. The number of nitrogens with zero attached hydrogens (tertiary/aromatic N) is 1. The van der Waals surface area contributed by atoms with Crippen molar-refractivity contribution in [3.63, 3.8) is 0 Å². The minimum absolute atomic E-state index is 0.0400. The summed E-state index contributed by atoms with van der Waals surface area (Å²) in [5, 5.41) is 3.10. The first-order valence-electron chi connectivity index (χ1n) is 7.74. The Hall–Kier alpha value is -1.55. The predicted molar refractivity (Wildman–Crippen MR) is 87.2 cm³/mol. The predicted octanol–water partition coefficient (Wildman–Crippen LogP) is 2.51. The van der Waals surface area contributed by atoms with E-state index in [0.29, 0.717) is 23.7 Å². The van der Waals surface area contributed by atoms with Gasteiger partial charge in [-0.15, -0.1) is 0 Å². The monoisotopic (exact) mass is 289 g/mol. The molecule has 21 heavy (non-hydrogen) atoms. The van der Waals surface area contributed by atoms with Crippen molar-refractivity contribution in [2.24, 2.45) is 5.92 Å². The number of hydrogen-bond donors (Lipinski definition) is 2. The zero-order chi connectivity index (χ0) is 15.5. The molecule has 1 saturated carbocycles. The van der Waals surface area contributed by atoms with Gasteiger partial charge >= 0.3 is 0 Å². The number of likely N-dealkylation sites (N-methyl/N-ethyl adjacent to an activating group) is 1. The van der Waals surface area contributed by atoms with Crippen LogP contribution in [0.2, 0.25) is 0 Å². The Morgan fingerprint density at radius 1 is 1.48 bits per heavy atom. The number of hydrogen-bond acceptors (Lipinski definition) is 3. The van der Waals surface area contributed by atoms with Crippen LogP contribution < -0.4 is 11.1 Å². The Morgan fingerprint density at radius 2 is 2.24 bits per heavy atom. The molecular weight excluding hydrogens is 262 g/mol. The third kappa shape index (κ3) is 3.76. The minimum Gasteiger partial charge on any atom is -0.399 e. The first kappa shape index (κ1) is 15.8. The third-order valence-electron chi connectivity index (χ3n) is 4.74. The molecule has 4 heteroatoms. The van der Waals surface area contributed by atoms with Crippen LogP contribution in [0, 0.1) is 5.92 Å². The number of nitrogens with one attached hydrogen (secondary N) is 1. The Kier molecular flexibility index (Phi) is 4.88. The summed E-state index contributed by atoms with van der Waals surface area (Å²) in [7, 11) is 4.23. The van der Waals surface area contributed by atoms with Crippen molar-refractivity contribution in [2.45, 2.75) is 38.1 Å². The highest BCUT2D eigenvalue weighted by molar-refractivity contribution is 5.95. The summed E-state index contributed by atoms with van der Waals surface area (Å²) < 4.78 is 0. The summed E-state index contributed by atoms with van der Waals surface area (Å²) in [4.78, 5) is 14.6. The van der Waals surface area contributed by atoms with Gasteiger partial charge in [0.2, 0.25) is 0 Å². The van der Waals surface area contributed by atoms with Crippen molar-refractivity contribution in [3.05, 3.63) is 29.8 Å². The van der Waals surface area contributed by atoms with Crippen molar-refractivity contribution in [2.75, 3.05) is 26.4 Å². The fourth-order valence-electron chi connectivity index (χ4n) is 3.38. The molecule has 0 aliphatic heterocycles. The van der Waals surface area contributed by atoms with Gasteiger partial charge in [0.15, 0.2) is 0 Å². The number of carbonyl (C=O) groups is 1. The van der Waals surface area contributed by atoms with Gasteiger partial charge in [-0.3, -0.25) is 4.79 Å². The molecule has 4 nitrogen and oxygen atoms in total. The summed E-state index contributed by atoms with van der Waals surface area (Å²) in [5.41, 5.74) is 7.07. The molecule has 0 bridgehead atoms. The van der Waals surface area contributed by atoms with E-state index in [9.17, 15) is 4.79 Å². The number of anilines is 1. The number of nitrogen functional groups attached to an aromatic ring is 1. The smallest absolute Gasteiger partial charge is 0.251 e. The average Bonchev–Trinajstić information content (AvgIpc) is 2.44. The molecule has 0 radical (unpaired) electrons. The van der Waals surface area contributed by atoms with Crippen molar-refractivity contribution < 1.29 is 4.79 Å². The molecule has 0 heterocycles. The minimum atomic E-state index is -0.0400. The van der Waals surface area contributed by atoms with Crippen LogP contribution in [0.15, 0.2) is 24.3 Å². The third-order valence-corrected chi connectivity index (χ3v) is 4.74. The molecule has 1 fully saturated rings. The second-order valence-electron chi connectivity index (χ2n) is 6.63. The van der Waals surface area contributed by atoms with Crippen LogP contribution >= 0.6 is 0 Å². The van der Waals surface area contributed by atoms with Crippen LogP contribution in [-0.2, 0) is 0 Å². The highest BCUT2D eigenvalue weighted by Gasteiger charge is 2.37. The van der Waals surface area contributed by atoms with Gasteiger partial charge in [-0.05, 0) is 51.1 Å². The number of nitrogens with two attached hydrogens (primary N) is 1. The molecule has 1 aromatic carbocycles. The van der Waals surface area contributed by atoms with Gasteiger partial charge in [0.25, 0.3) is 5.91 Å². The molecule has 2 rings (SSSR count). The lowest BCUT2D eigenvalue weighted by molar-refractivity contribution is 0.0675. The van der Waals surface area contributed by atoms with Crippen LogP contribution in [0.1, 0.15) is 43.0 Å². The van der Waals surface area contributed by atoms with Gasteiger partial charge in [-0.2, -0.15) is 0 Å². The lowest BCUT2D eigenvalue weighted by Crippen LogP contribution is -2.55. The second-order valence-corrected chi connectivity index (χ2v) is 6.63. The van der Waals surface area contributed by atoms with E-state index in [1.54, 1.807) is 18.2 Å². The fourth-order valence-corrected chi connectivity index (χ4v) is 3.38. The van der Waals surface area contributed by atoms with Gasteiger partial charge in [0, 0.05) is 23.3 Å². The molecule has 0 spiro atoms. The van der Waals surface area contributed by atoms with Gasteiger partial charge in [-0.1, -0.05) is 25.8 Å². The van der Waals surface area contributed by atoms with E-state index >= 15 is 0 Å². The van der Waals surface area contributed by atoms with Crippen molar-refractivity contribution >= 4 is 11.6 Å². The van der Waals surface area contributed by atoms with Crippen LogP contribution in [-0.4, -0.2) is 37.0 Å². The van der Waals surface area contributed by atoms with Crippen molar-refractivity contribution in [1.29, 1.82) is 0 Å². The number of benzene rings is 1. The number of amides is 1. The number of carbonyl (C=O) groups excluding carboxylic acids is 1. The van der Waals surface area contributed by atoms with Crippen molar-refractivity contribution in [1.82, 2.24) is 10.2 Å². The Labute approximate surface area is 127 Å². The van der Waals surface area contributed by atoms with E-state index in [4.69, 9.17) is 5.73 Å². The molecule has 2 atom stereocenters. The maximum absolute atomic E-state index is 12.3. The zero-order valence-electron chi connectivity index (χ0n) is 13.4. The summed E-state index contributed by atoms with van der Waals surface area (Å²) >= 11 is 0. The highest BCUT2D eigenvalue weighted by Crippen LogP contribution is 2.35. The molecule has 0 saturated heterocycles. The van der Waals surface area contributed by atoms with Gasteiger partial charge in [0.05, 0.1) is 0 Å². The van der Waals surface area contributed by atoms with Gasteiger partial charge in [-0.25, -0.2) is 0 Å². The topological polar surface area (TPSA) is 58.4 Å². The normalized spacial score (nSPS) is 25.8. The largest absolute Gasteiger partial charge is 0.399 e. The van der Waals surface area contributed by atoms with E-state index in [0.717, 1.165) is 12.8 Å². The van der Waals surface area contributed by atoms with Crippen LogP contribution in [0.4, 0.5) is 5.69 Å². The van der Waals surface area contributed by atoms with Crippen molar-refractivity contribution in [3.8, 4) is 0 Å². The van der Waals surface area contributed by atoms with Gasteiger partial charge < -0.3 is 16.0 Å². The zero-order valence-corrected chi connectivity index (χ0v) is 13.4. The summed E-state index contributed by atoms with van der Waals surface area (Å²) in [6, 6.07) is 7.13. The lowest BCUT2D eigenvalue weighted by atomic mass is 9.75. The van der Waals surface area contributed by atoms with E-state index in [-0.39, 0.29) is 11.4 Å². The second kappa shape index (κ2) is 6.48. The quantitative estimate of drug-likeness (QED) is 0.837. The van der Waals surface area contributed by atoms with E-state index in [1.165, 1.54) is 12.8 Å². The maximum atomic E-state index is 12.3. The fraction of sp³-hybridized carbons (Fsp3) is 0.588. The first-order chi connectivity index (χ1) is 9.93. The molecule has 3 N–H and O–H groups in total. The molecule has 1 amide bonds. The lowest BCUT2D eigenvalue weighted by Gasteiger charge is -2.45. The Balaban J connectivity index is 2.03. The maximum Gasteiger partial charge on any atom is 0.251 e. The summed E-state index contributed by atoms with van der Waals surface area (Å²) in [6.45, 7) is 3.00. The molecule has 1 aliphatic carbocycles. The average molecular weight is 289 g/mol. The standard InChI is InChI=1S/C17H27N3O/c1-13-6-5-9-17(11-13,20(2)3)12-19-16(21)14-7-4-8-15(18)10-14/h4,7-8,10,13H,5-6,9,11-12,18H2,1-3H3,(H,19,21). The molecule has 116 valence electrons. The van der Waals surface area contributed by atoms with E-state index in [2.05, 4.69) is 31.2 Å². The van der Waals surface area contributed by atoms with E-state index < -0.39 is 0 Å². The summed E-state index contributed by atoms with van der Waals surface area (Å²) in [5.74, 6) is 0.673. The number of rotatable bonds is 4. The van der Waals surface area contributed by atoms with Crippen LogP contribution in [0.25, 0.3) is 0 Å². The molecule has 0 aromatic heterocycles. The van der Waals surface area contributed by atoms with Crippen LogP contribution in [0.5, 0.6) is 0 Å². The molecular formula is C17H27N3O. The molecule has 1 aromatic rings. The Morgan fingerprint density at radius 3 is 2.86 bits per heavy atom. The van der Waals surface area contributed by atoms with E-state index in [1.807, 2.05) is 6.07 Å². The summed E-state index contributed by atoms with van der Waals surface area (Å²) in [6.07, 6.45) is 4.80. The highest BCUT2D eigenvalue weighted by atomic mass is 16.1. The van der Waals surface area contributed by atoms with Gasteiger partial charge in [0.1, 0.15) is 0 Å².